The van der Waals surface area contributed by atoms with Gasteiger partial charge in [0, 0.05) is 5.02 Å². The predicted molar refractivity (Wildman–Crippen MR) is 79.4 cm³/mol. The van der Waals surface area contributed by atoms with Gasteiger partial charge in [-0.25, -0.2) is 4.79 Å². The third kappa shape index (κ3) is 3.11. The standard InChI is InChI=1S/C13H13Cl2N3O3/c1-13(2)11(20)17-10(19)6-18(13)12(21)16-9-5-7(14)3-4-8(9)15/h3-5H,6H2,1-2H3,(H,16,21)(H,17,19,20). The lowest BCUT2D eigenvalue weighted by Gasteiger charge is -2.39. The lowest BCUT2D eigenvalue weighted by Crippen LogP contribution is -2.66. The summed E-state index contributed by atoms with van der Waals surface area (Å²) < 4.78 is 0. The van der Waals surface area contributed by atoms with Crippen molar-refractivity contribution in [1.29, 1.82) is 0 Å². The van der Waals surface area contributed by atoms with Crippen LogP contribution in [0.15, 0.2) is 18.2 Å². The lowest BCUT2D eigenvalue weighted by atomic mass is 9.99. The van der Waals surface area contributed by atoms with Gasteiger partial charge in [-0.3, -0.25) is 14.9 Å². The van der Waals surface area contributed by atoms with E-state index in [1.165, 1.54) is 6.07 Å². The van der Waals surface area contributed by atoms with Gasteiger partial charge in [-0.1, -0.05) is 23.2 Å². The number of anilines is 1. The molecule has 0 saturated carbocycles. The highest BCUT2D eigenvalue weighted by atomic mass is 35.5. The zero-order valence-corrected chi connectivity index (χ0v) is 12.9. The molecule has 2 N–H and O–H groups in total. The molecule has 1 aliphatic heterocycles. The zero-order valence-electron chi connectivity index (χ0n) is 11.4. The predicted octanol–water partition coefficient (Wildman–Crippen LogP) is 2.26. The van der Waals surface area contributed by atoms with E-state index in [0.717, 1.165) is 4.90 Å². The Morgan fingerprint density at radius 1 is 1.33 bits per heavy atom. The average molecular weight is 330 g/mol. The van der Waals surface area contributed by atoms with Crippen molar-refractivity contribution in [3.05, 3.63) is 28.2 Å². The van der Waals surface area contributed by atoms with Crippen LogP contribution in [0, 0.1) is 0 Å². The van der Waals surface area contributed by atoms with E-state index < -0.39 is 23.4 Å². The van der Waals surface area contributed by atoms with Gasteiger partial charge in [0.05, 0.1) is 10.7 Å². The quantitative estimate of drug-likeness (QED) is 0.775. The van der Waals surface area contributed by atoms with Gasteiger partial charge in [0.25, 0.3) is 5.91 Å². The first kappa shape index (κ1) is 15.6. The number of carbonyl (C=O) groups is 3. The van der Waals surface area contributed by atoms with E-state index in [0.29, 0.717) is 15.7 Å². The first-order chi connectivity index (χ1) is 9.71. The van der Waals surface area contributed by atoms with Crippen LogP contribution in [0.1, 0.15) is 13.8 Å². The summed E-state index contributed by atoms with van der Waals surface area (Å²) >= 11 is 11.8. The van der Waals surface area contributed by atoms with Crippen molar-refractivity contribution in [2.45, 2.75) is 19.4 Å². The molecule has 1 aliphatic rings. The number of benzene rings is 1. The van der Waals surface area contributed by atoms with Crippen molar-refractivity contribution < 1.29 is 14.4 Å². The Morgan fingerprint density at radius 3 is 2.67 bits per heavy atom. The second-order valence-electron chi connectivity index (χ2n) is 5.08. The van der Waals surface area contributed by atoms with Crippen LogP contribution in [0.4, 0.5) is 10.5 Å². The van der Waals surface area contributed by atoms with E-state index in [1.54, 1.807) is 26.0 Å². The second-order valence-corrected chi connectivity index (χ2v) is 5.92. The van der Waals surface area contributed by atoms with Gasteiger partial charge in [0.2, 0.25) is 5.91 Å². The summed E-state index contributed by atoms with van der Waals surface area (Å²) in [6, 6.07) is 4.01. The Labute approximate surface area is 131 Å². The maximum Gasteiger partial charge on any atom is 0.323 e. The van der Waals surface area contributed by atoms with Gasteiger partial charge in [-0.2, -0.15) is 0 Å². The maximum absolute atomic E-state index is 12.3. The third-order valence-corrected chi connectivity index (χ3v) is 3.76. The Bertz CT molecular complexity index is 631. The fraction of sp³-hybridized carbons (Fsp3) is 0.308. The largest absolute Gasteiger partial charge is 0.323 e. The number of hydrogen-bond acceptors (Lipinski definition) is 3. The number of nitrogens with one attached hydrogen (secondary N) is 2. The monoisotopic (exact) mass is 329 g/mol. The molecular formula is C13H13Cl2N3O3. The number of imide groups is 1. The van der Waals surface area contributed by atoms with E-state index in [-0.39, 0.29) is 6.54 Å². The molecule has 1 heterocycles. The fourth-order valence-corrected chi connectivity index (χ4v) is 2.22. The summed E-state index contributed by atoms with van der Waals surface area (Å²) in [4.78, 5) is 36.7. The molecule has 112 valence electrons. The minimum Gasteiger partial charge on any atom is -0.306 e. The number of amides is 4. The molecule has 0 spiro atoms. The Hall–Kier alpha value is -1.79. The number of piperazine rings is 1. The van der Waals surface area contributed by atoms with Crippen molar-refractivity contribution in [3.63, 3.8) is 0 Å². The van der Waals surface area contributed by atoms with Crippen LogP contribution in [0.25, 0.3) is 0 Å². The number of halogens is 2. The van der Waals surface area contributed by atoms with E-state index in [2.05, 4.69) is 10.6 Å². The molecule has 21 heavy (non-hydrogen) atoms. The van der Waals surface area contributed by atoms with Gasteiger partial charge < -0.3 is 10.2 Å². The van der Waals surface area contributed by atoms with Gasteiger partial charge in [0.15, 0.2) is 0 Å². The summed E-state index contributed by atoms with van der Waals surface area (Å²) in [5.41, 5.74) is -0.841. The van der Waals surface area contributed by atoms with Crippen molar-refractivity contribution in [2.24, 2.45) is 0 Å². The molecule has 1 saturated heterocycles. The van der Waals surface area contributed by atoms with E-state index in [4.69, 9.17) is 23.2 Å². The molecule has 1 fully saturated rings. The van der Waals surface area contributed by atoms with Crippen LogP contribution >= 0.6 is 23.2 Å². The SMILES string of the molecule is CC1(C)C(=O)NC(=O)CN1C(=O)Nc1cc(Cl)ccc1Cl. The summed E-state index contributed by atoms with van der Waals surface area (Å²) in [6.07, 6.45) is 0. The molecule has 0 atom stereocenters. The highest BCUT2D eigenvalue weighted by Crippen LogP contribution is 2.27. The molecule has 1 aromatic rings. The summed E-state index contributed by atoms with van der Waals surface area (Å²) in [5.74, 6) is -1.07. The van der Waals surface area contributed by atoms with E-state index in [1.807, 2.05) is 0 Å². The molecule has 0 aliphatic carbocycles. The summed E-state index contributed by atoms with van der Waals surface area (Å²) in [6.45, 7) is 2.88. The first-order valence-corrected chi connectivity index (χ1v) is 6.85. The maximum atomic E-state index is 12.3. The van der Waals surface area contributed by atoms with Gasteiger partial charge in [-0.15, -0.1) is 0 Å². The van der Waals surface area contributed by atoms with Crippen molar-refractivity contribution >= 4 is 46.7 Å². The van der Waals surface area contributed by atoms with Crippen molar-refractivity contribution in [1.82, 2.24) is 10.2 Å². The summed E-state index contributed by atoms with van der Waals surface area (Å²) in [5, 5.41) is 5.46. The molecular weight excluding hydrogens is 317 g/mol. The zero-order chi connectivity index (χ0) is 15.8. The minimum atomic E-state index is -1.15. The highest BCUT2D eigenvalue weighted by molar-refractivity contribution is 6.35. The lowest BCUT2D eigenvalue weighted by molar-refractivity contribution is -0.142. The number of carbonyl (C=O) groups excluding carboxylic acids is 3. The molecule has 1 aromatic carbocycles. The minimum absolute atomic E-state index is 0.219. The van der Waals surface area contributed by atoms with Crippen LogP contribution in [0.5, 0.6) is 0 Å². The Morgan fingerprint density at radius 2 is 2.00 bits per heavy atom. The molecule has 0 bridgehead atoms. The van der Waals surface area contributed by atoms with Gasteiger partial charge in [0.1, 0.15) is 12.1 Å². The molecule has 2 rings (SSSR count). The Balaban J connectivity index is 2.24. The van der Waals surface area contributed by atoms with Crippen molar-refractivity contribution in [3.8, 4) is 0 Å². The number of rotatable bonds is 1. The second kappa shape index (κ2) is 5.54. The van der Waals surface area contributed by atoms with Gasteiger partial charge >= 0.3 is 6.03 Å². The highest BCUT2D eigenvalue weighted by Gasteiger charge is 2.43. The molecule has 6 nitrogen and oxygen atoms in total. The van der Waals surface area contributed by atoms with Crippen LogP contribution < -0.4 is 10.6 Å². The van der Waals surface area contributed by atoms with E-state index in [9.17, 15) is 14.4 Å². The third-order valence-electron chi connectivity index (χ3n) is 3.20. The van der Waals surface area contributed by atoms with Crippen LogP contribution in [0.3, 0.4) is 0 Å². The first-order valence-electron chi connectivity index (χ1n) is 6.10. The van der Waals surface area contributed by atoms with Crippen LogP contribution in [-0.4, -0.2) is 34.8 Å². The Kier molecular flexibility index (Phi) is 4.11. The topological polar surface area (TPSA) is 78.5 Å². The average Bonchev–Trinajstić information content (AvgIpc) is 2.38. The molecule has 8 heteroatoms. The van der Waals surface area contributed by atoms with Gasteiger partial charge in [-0.05, 0) is 32.0 Å². The van der Waals surface area contributed by atoms with Crippen LogP contribution in [0.2, 0.25) is 10.0 Å². The molecule has 0 aromatic heterocycles. The summed E-state index contributed by atoms with van der Waals surface area (Å²) in [7, 11) is 0. The smallest absolute Gasteiger partial charge is 0.306 e. The molecule has 0 unspecified atom stereocenters. The fourth-order valence-electron chi connectivity index (χ4n) is 1.88. The number of nitrogens with zero attached hydrogens (tertiary/aromatic N) is 1. The molecule has 0 radical (unpaired) electrons. The van der Waals surface area contributed by atoms with Crippen molar-refractivity contribution in [2.75, 3.05) is 11.9 Å². The number of hydrogen-bond donors (Lipinski definition) is 2. The van der Waals surface area contributed by atoms with E-state index >= 15 is 0 Å². The van der Waals surface area contributed by atoms with Crippen LogP contribution in [-0.2, 0) is 9.59 Å². The number of urea groups is 1. The molecule has 4 amide bonds. The normalized spacial score (nSPS) is 17.4.